The van der Waals surface area contributed by atoms with Crippen LogP contribution in [-0.4, -0.2) is 28.1 Å². The highest BCUT2D eigenvalue weighted by Gasteiger charge is 2.16. The highest BCUT2D eigenvalue weighted by Crippen LogP contribution is 2.16. The Morgan fingerprint density at radius 2 is 1.89 bits per heavy atom. The van der Waals surface area contributed by atoms with Gasteiger partial charge in [-0.2, -0.15) is 4.98 Å². The fraction of sp³-hybridized carbons (Fsp3) is 0.429. The predicted molar refractivity (Wildman–Crippen MR) is 73.4 cm³/mol. The lowest BCUT2D eigenvalue weighted by molar-refractivity contribution is 0.246. The van der Waals surface area contributed by atoms with Gasteiger partial charge in [0.1, 0.15) is 0 Å². The average Bonchev–Trinajstić information content (AvgIpc) is 2.93. The van der Waals surface area contributed by atoms with Gasteiger partial charge in [-0.15, -0.1) is 0 Å². The molecule has 0 spiro atoms. The van der Waals surface area contributed by atoms with Gasteiger partial charge in [0.25, 0.3) is 0 Å². The van der Waals surface area contributed by atoms with Gasteiger partial charge in [-0.25, -0.2) is 0 Å². The molecule has 0 saturated carbocycles. The minimum absolute atomic E-state index is 0.338. The van der Waals surface area contributed by atoms with Crippen LogP contribution in [0.25, 0.3) is 0 Å². The summed E-state index contributed by atoms with van der Waals surface area (Å²) in [7, 11) is 0. The monoisotopic (exact) mass is 260 g/mol. The number of nitrogens with two attached hydrogens (primary N) is 1. The third-order valence-corrected chi connectivity index (χ3v) is 3.17. The molecule has 0 radical (unpaired) electrons. The lowest BCUT2D eigenvalue weighted by atomic mass is 10.1. The van der Waals surface area contributed by atoms with Crippen molar-refractivity contribution in [1.29, 1.82) is 0 Å². The lowest BCUT2D eigenvalue weighted by Gasteiger charge is -2.14. The van der Waals surface area contributed by atoms with Crippen molar-refractivity contribution in [3.8, 4) is 0 Å². The number of hydrogen-bond acceptors (Lipinski definition) is 5. The maximum Gasteiger partial charge on any atom is 0.240 e. The summed E-state index contributed by atoms with van der Waals surface area (Å²) in [6.45, 7) is 6.80. The molecular formula is C14H20N4O. The molecule has 19 heavy (non-hydrogen) atoms. The van der Waals surface area contributed by atoms with Gasteiger partial charge in [0.05, 0.1) is 12.6 Å². The first-order valence-corrected chi connectivity index (χ1v) is 6.60. The van der Waals surface area contributed by atoms with Crippen molar-refractivity contribution < 1.29 is 4.52 Å². The van der Waals surface area contributed by atoms with E-state index in [0.717, 1.165) is 18.7 Å². The normalized spacial score (nSPS) is 12.8. The molecule has 5 heteroatoms. The Labute approximate surface area is 113 Å². The van der Waals surface area contributed by atoms with Gasteiger partial charge in [-0.3, -0.25) is 4.90 Å². The van der Waals surface area contributed by atoms with Crippen LogP contribution in [0.3, 0.4) is 0 Å². The molecule has 5 nitrogen and oxygen atoms in total. The van der Waals surface area contributed by atoms with E-state index in [1.807, 2.05) is 30.3 Å². The maximum absolute atomic E-state index is 6.13. The summed E-state index contributed by atoms with van der Waals surface area (Å²) in [6, 6.07) is 9.45. The Morgan fingerprint density at radius 1 is 1.21 bits per heavy atom. The molecule has 2 aromatic rings. The summed E-state index contributed by atoms with van der Waals surface area (Å²) >= 11 is 0. The molecule has 2 N–H and O–H groups in total. The van der Waals surface area contributed by atoms with E-state index in [1.54, 1.807) is 0 Å². The van der Waals surface area contributed by atoms with Gasteiger partial charge in [-0.05, 0) is 18.7 Å². The van der Waals surface area contributed by atoms with Crippen LogP contribution in [-0.2, 0) is 6.54 Å². The Balaban J connectivity index is 2.08. The van der Waals surface area contributed by atoms with Gasteiger partial charge in [-0.1, -0.05) is 49.3 Å². The van der Waals surface area contributed by atoms with Crippen molar-refractivity contribution in [2.24, 2.45) is 5.73 Å². The van der Waals surface area contributed by atoms with Crippen LogP contribution in [0.5, 0.6) is 0 Å². The molecule has 0 amide bonds. The molecule has 1 heterocycles. The molecule has 102 valence electrons. The second-order valence-corrected chi connectivity index (χ2v) is 4.40. The molecule has 0 saturated heterocycles. The SMILES string of the molecule is CCN(CC)Cc1nc(C(N)c2ccccc2)no1. The van der Waals surface area contributed by atoms with Gasteiger partial charge < -0.3 is 10.3 Å². The number of benzene rings is 1. The molecule has 1 atom stereocenters. The van der Waals surface area contributed by atoms with E-state index in [1.165, 1.54) is 0 Å². The molecule has 1 unspecified atom stereocenters. The summed E-state index contributed by atoms with van der Waals surface area (Å²) < 4.78 is 5.26. The van der Waals surface area contributed by atoms with Crippen molar-refractivity contribution >= 4 is 0 Å². The molecule has 1 aromatic carbocycles. The summed E-state index contributed by atoms with van der Waals surface area (Å²) in [5.74, 6) is 1.15. The van der Waals surface area contributed by atoms with Crippen LogP contribution in [0.4, 0.5) is 0 Å². The zero-order chi connectivity index (χ0) is 13.7. The second-order valence-electron chi connectivity index (χ2n) is 4.40. The van der Waals surface area contributed by atoms with Crippen LogP contribution in [0.1, 0.15) is 37.2 Å². The van der Waals surface area contributed by atoms with E-state index in [4.69, 9.17) is 10.3 Å². The van der Waals surface area contributed by atoms with Crippen molar-refractivity contribution in [3.63, 3.8) is 0 Å². The van der Waals surface area contributed by atoms with E-state index >= 15 is 0 Å². The van der Waals surface area contributed by atoms with Crippen molar-refractivity contribution in [2.45, 2.75) is 26.4 Å². The van der Waals surface area contributed by atoms with Gasteiger partial charge >= 0.3 is 0 Å². The summed E-state index contributed by atoms with van der Waals surface area (Å²) in [6.07, 6.45) is 0. The average molecular weight is 260 g/mol. The second kappa shape index (κ2) is 6.45. The highest BCUT2D eigenvalue weighted by molar-refractivity contribution is 5.23. The van der Waals surface area contributed by atoms with Crippen LogP contribution in [0, 0.1) is 0 Å². The zero-order valence-corrected chi connectivity index (χ0v) is 11.4. The minimum atomic E-state index is -0.338. The van der Waals surface area contributed by atoms with Crippen LogP contribution < -0.4 is 5.73 Å². The first-order valence-electron chi connectivity index (χ1n) is 6.60. The Morgan fingerprint density at radius 3 is 2.53 bits per heavy atom. The topological polar surface area (TPSA) is 68.2 Å². The number of nitrogens with zero attached hydrogens (tertiary/aromatic N) is 3. The molecule has 2 rings (SSSR count). The molecule has 0 fully saturated rings. The first-order chi connectivity index (χ1) is 9.24. The van der Waals surface area contributed by atoms with Crippen molar-refractivity contribution in [1.82, 2.24) is 15.0 Å². The highest BCUT2D eigenvalue weighted by atomic mass is 16.5. The quantitative estimate of drug-likeness (QED) is 0.860. The molecule has 0 bridgehead atoms. The standard InChI is InChI=1S/C14H20N4O/c1-3-18(4-2)10-12-16-14(17-19-12)13(15)11-8-6-5-7-9-11/h5-9,13H,3-4,10,15H2,1-2H3. The van der Waals surface area contributed by atoms with Gasteiger partial charge in [0, 0.05) is 0 Å². The molecule has 0 aliphatic rings. The summed E-state index contributed by atoms with van der Waals surface area (Å²) in [5, 5.41) is 3.98. The van der Waals surface area contributed by atoms with Crippen LogP contribution in [0.2, 0.25) is 0 Å². The van der Waals surface area contributed by atoms with Crippen LogP contribution in [0.15, 0.2) is 34.9 Å². The van der Waals surface area contributed by atoms with Gasteiger partial charge in [0.15, 0.2) is 5.82 Å². The minimum Gasteiger partial charge on any atom is -0.338 e. The molecular weight excluding hydrogens is 240 g/mol. The van der Waals surface area contributed by atoms with E-state index in [9.17, 15) is 0 Å². The van der Waals surface area contributed by atoms with E-state index in [-0.39, 0.29) is 6.04 Å². The fourth-order valence-electron chi connectivity index (χ4n) is 1.91. The molecule has 0 aliphatic heterocycles. The summed E-state index contributed by atoms with van der Waals surface area (Å²) in [5.41, 5.74) is 7.11. The third-order valence-electron chi connectivity index (χ3n) is 3.17. The van der Waals surface area contributed by atoms with Crippen molar-refractivity contribution in [2.75, 3.05) is 13.1 Å². The zero-order valence-electron chi connectivity index (χ0n) is 11.4. The third kappa shape index (κ3) is 3.39. The van der Waals surface area contributed by atoms with E-state index in [2.05, 4.69) is 28.9 Å². The fourth-order valence-corrected chi connectivity index (χ4v) is 1.91. The van der Waals surface area contributed by atoms with Gasteiger partial charge in [0.2, 0.25) is 5.89 Å². The lowest BCUT2D eigenvalue weighted by Crippen LogP contribution is -2.22. The van der Waals surface area contributed by atoms with Crippen molar-refractivity contribution in [3.05, 3.63) is 47.6 Å². The number of rotatable bonds is 6. The molecule has 0 aliphatic carbocycles. The number of aromatic nitrogens is 2. The Bertz CT molecular complexity index is 493. The largest absolute Gasteiger partial charge is 0.338 e. The smallest absolute Gasteiger partial charge is 0.240 e. The molecule has 1 aromatic heterocycles. The Hall–Kier alpha value is -1.72. The van der Waals surface area contributed by atoms with E-state index in [0.29, 0.717) is 18.3 Å². The first kappa shape index (κ1) is 13.7. The number of hydrogen-bond donors (Lipinski definition) is 1. The Kier molecular flexibility index (Phi) is 4.65. The van der Waals surface area contributed by atoms with Crippen LogP contribution >= 0.6 is 0 Å². The predicted octanol–water partition coefficient (Wildman–Crippen LogP) is 1.96. The van der Waals surface area contributed by atoms with E-state index < -0.39 is 0 Å². The summed E-state index contributed by atoms with van der Waals surface area (Å²) in [4.78, 5) is 6.59. The maximum atomic E-state index is 6.13.